The van der Waals surface area contributed by atoms with Gasteiger partial charge in [0.2, 0.25) is 0 Å². The van der Waals surface area contributed by atoms with Gasteiger partial charge in [0.1, 0.15) is 0 Å². The van der Waals surface area contributed by atoms with E-state index in [1.165, 1.54) is 11.1 Å². The van der Waals surface area contributed by atoms with Crippen LogP contribution in [0.3, 0.4) is 0 Å². The lowest BCUT2D eigenvalue weighted by molar-refractivity contribution is 0.113. The highest BCUT2D eigenvalue weighted by atomic mass is 79.9. The summed E-state index contributed by atoms with van der Waals surface area (Å²) in [5.74, 6) is 0.854. The zero-order chi connectivity index (χ0) is 24.9. The van der Waals surface area contributed by atoms with E-state index >= 15 is 0 Å². The third kappa shape index (κ3) is 5.48. The highest BCUT2D eigenvalue weighted by molar-refractivity contribution is 9.10. The van der Waals surface area contributed by atoms with Crippen molar-refractivity contribution >= 4 is 22.0 Å². The first-order valence-corrected chi connectivity index (χ1v) is 13.2. The normalized spacial score (nSPS) is 16.0. The molecule has 1 saturated heterocycles. The van der Waals surface area contributed by atoms with Gasteiger partial charge in [0.25, 0.3) is 0 Å². The molecule has 0 aliphatic carbocycles. The number of aryl methyl sites for hydroxylation is 2. The van der Waals surface area contributed by atoms with Gasteiger partial charge in [-0.25, -0.2) is 0 Å². The molecule has 184 valence electrons. The summed E-state index contributed by atoms with van der Waals surface area (Å²) < 4.78 is 3.00. The molecule has 7 heteroatoms. The number of nitrogens with zero attached hydrogens (tertiary/aromatic N) is 6. The Labute approximate surface area is 221 Å². The molecule has 1 aliphatic heterocycles. The topological polar surface area (TPSA) is 50.1 Å². The number of rotatable bonds is 7. The Balaban J connectivity index is 1.39. The molecule has 6 nitrogen and oxygen atoms in total. The van der Waals surface area contributed by atoms with Crippen LogP contribution in [0.4, 0.5) is 0 Å². The Morgan fingerprint density at radius 1 is 0.861 bits per heavy atom. The van der Waals surface area contributed by atoms with Crippen molar-refractivity contribution in [1.29, 1.82) is 0 Å². The predicted molar refractivity (Wildman–Crippen MR) is 148 cm³/mol. The van der Waals surface area contributed by atoms with Gasteiger partial charge in [-0.2, -0.15) is 4.68 Å². The monoisotopic (exact) mass is 542 g/mol. The van der Waals surface area contributed by atoms with E-state index in [1.807, 2.05) is 4.68 Å². The average Bonchev–Trinajstić information content (AvgIpc) is 3.36. The maximum Gasteiger partial charge on any atom is 0.178 e. The SMILES string of the molecule is Cc1cccc(C)c1-n1nnnc1[C@H](c1ccc(Br)cc1)N1CCN(CC=Cc2ccccc2)CC1. The van der Waals surface area contributed by atoms with Crippen molar-refractivity contribution in [3.05, 3.63) is 111 Å². The molecule has 2 heterocycles. The second-order valence-electron chi connectivity index (χ2n) is 9.29. The molecular formula is C29H31BrN6. The first-order chi connectivity index (χ1) is 17.6. The van der Waals surface area contributed by atoms with Crippen LogP contribution in [0.25, 0.3) is 11.8 Å². The minimum atomic E-state index is -0.0332. The van der Waals surface area contributed by atoms with Crippen LogP contribution in [-0.4, -0.2) is 62.7 Å². The summed E-state index contributed by atoms with van der Waals surface area (Å²) in [7, 11) is 0. The molecule has 1 fully saturated rings. The number of hydrogen-bond donors (Lipinski definition) is 0. The van der Waals surface area contributed by atoms with Gasteiger partial charge in [0.05, 0.1) is 11.7 Å². The summed E-state index contributed by atoms with van der Waals surface area (Å²) in [6, 6.07) is 25.3. The molecule has 0 N–H and O–H groups in total. The van der Waals surface area contributed by atoms with Gasteiger partial charge in [0, 0.05) is 37.2 Å². The van der Waals surface area contributed by atoms with Gasteiger partial charge in [-0.1, -0.05) is 88.7 Å². The van der Waals surface area contributed by atoms with E-state index in [2.05, 4.69) is 140 Å². The lowest BCUT2D eigenvalue weighted by Crippen LogP contribution is -2.48. The van der Waals surface area contributed by atoms with E-state index in [0.717, 1.165) is 59.8 Å². The first-order valence-electron chi connectivity index (χ1n) is 12.4. The third-order valence-corrected chi connectivity index (χ3v) is 7.35. The molecule has 0 amide bonds. The number of piperazine rings is 1. The van der Waals surface area contributed by atoms with Gasteiger partial charge in [-0.05, 0) is 58.7 Å². The largest absolute Gasteiger partial charge is 0.297 e. The summed E-state index contributed by atoms with van der Waals surface area (Å²) in [4.78, 5) is 5.01. The zero-order valence-electron chi connectivity index (χ0n) is 20.8. The molecular weight excluding hydrogens is 512 g/mol. The van der Waals surface area contributed by atoms with Gasteiger partial charge in [-0.3, -0.25) is 9.80 Å². The quantitative estimate of drug-likeness (QED) is 0.310. The molecule has 0 spiro atoms. The van der Waals surface area contributed by atoms with Crippen LogP contribution < -0.4 is 0 Å². The number of halogens is 1. The lowest BCUT2D eigenvalue weighted by atomic mass is 10.0. The summed E-state index contributed by atoms with van der Waals surface area (Å²) >= 11 is 3.59. The van der Waals surface area contributed by atoms with Crippen LogP contribution in [-0.2, 0) is 0 Å². The minimum Gasteiger partial charge on any atom is -0.297 e. The smallest absolute Gasteiger partial charge is 0.178 e. The Hall–Kier alpha value is -3.13. The lowest BCUT2D eigenvalue weighted by Gasteiger charge is -2.38. The number of hydrogen-bond acceptors (Lipinski definition) is 5. The van der Waals surface area contributed by atoms with E-state index in [-0.39, 0.29) is 6.04 Å². The molecule has 5 rings (SSSR count). The average molecular weight is 544 g/mol. The predicted octanol–water partition coefficient (Wildman–Crippen LogP) is 5.46. The van der Waals surface area contributed by atoms with Crippen molar-refractivity contribution in [1.82, 2.24) is 30.0 Å². The van der Waals surface area contributed by atoms with Gasteiger partial charge in [0.15, 0.2) is 5.82 Å². The Kier molecular flexibility index (Phi) is 7.70. The molecule has 0 unspecified atom stereocenters. The van der Waals surface area contributed by atoms with E-state index in [9.17, 15) is 0 Å². The summed E-state index contributed by atoms with van der Waals surface area (Å²) in [6.45, 7) is 9.06. The number of aromatic nitrogens is 4. The van der Waals surface area contributed by atoms with Crippen molar-refractivity contribution in [2.75, 3.05) is 32.7 Å². The molecule has 1 aliphatic rings. The third-order valence-electron chi connectivity index (χ3n) is 6.82. The van der Waals surface area contributed by atoms with Crippen LogP contribution in [0.2, 0.25) is 0 Å². The van der Waals surface area contributed by atoms with Crippen molar-refractivity contribution in [2.45, 2.75) is 19.9 Å². The zero-order valence-corrected chi connectivity index (χ0v) is 22.3. The standard InChI is InChI=1S/C29H31BrN6/c1-22-8-6-9-23(2)27(22)36-29(31-32-33-36)28(25-13-15-26(30)16-14-25)35-20-18-34(19-21-35)17-7-12-24-10-4-3-5-11-24/h3-16,28H,17-21H2,1-2H3/t28-/m0/s1. The minimum absolute atomic E-state index is 0.0332. The molecule has 0 saturated carbocycles. The van der Waals surface area contributed by atoms with Crippen molar-refractivity contribution in [3.63, 3.8) is 0 Å². The summed E-state index contributed by atoms with van der Waals surface area (Å²) in [5, 5.41) is 13.2. The molecule has 3 aromatic carbocycles. The van der Waals surface area contributed by atoms with Crippen LogP contribution in [0.1, 0.15) is 34.1 Å². The highest BCUT2D eigenvalue weighted by Crippen LogP contribution is 2.31. The second kappa shape index (κ2) is 11.3. The van der Waals surface area contributed by atoms with Crippen LogP contribution in [0.5, 0.6) is 0 Å². The molecule has 0 radical (unpaired) electrons. The fourth-order valence-electron chi connectivity index (χ4n) is 4.94. The van der Waals surface area contributed by atoms with Gasteiger partial charge < -0.3 is 0 Å². The van der Waals surface area contributed by atoms with Crippen molar-refractivity contribution in [3.8, 4) is 5.69 Å². The first kappa shape index (κ1) is 24.6. The Bertz CT molecular complexity index is 1290. The van der Waals surface area contributed by atoms with E-state index in [1.54, 1.807) is 0 Å². The van der Waals surface area contributed by atoms with E-state index in [0.29, 0.717) is 0 Å². The summed E-state index contributed by atoms with van der Waals surface area (Å²) in [6.07, 6.45) is 4.47. The molecule has 0 bridgehead atoms. The van der Waals surface area contributed by atoms with Crippen LogP contribution in [0.15, 0.2) is 83.3 Å². The maximum absolute atomic E-state index is 4.58. The van der Waals surface area contributed by atoms with Crippen molar-refractivity contribution < 1.29 is 0 Å². The van der Waals surface area contributed by atoms with Gasteiger partial charge in [-0.15, -0.1) is 5.10 Å². The highest BCUT2D eigenvalue weighted by Gasteiger charge is 2.31. The molecule has 1 atom stereocenters. The fraction of sp³-hybridized carbons (Fsp3) is 0.276. The van der Waals surface area contributed by atoms with Crippen LogP contribution in [0, 0.1) is 13.8 Å². The number of benzene rings is 3. The molecule has 36 heavy (non-hydrogen) atoms. The second-order valence-corrected chi connectivity index (χ2v) is 10.2. The molecule has 1 aromatic heterocycles. The fourth-order valence-corrected chi connectivity index (χ4v) is 5.20. The van der Waals surface area contributed by atoms with Crippen molar-refractivity contribution in [2.24, 2.45) is 0 Å². The van der Waals surface area contributed by atoms with E-state index in [4.69, 9.17) is 0 Å². The Morgan fingerprint density at radius 2 is 1.56 bits per heavy atom. The number of para-hydroxylation sites is 1. The van der Waals surface area contributed by atoms with Crippen LogP contribution >= 0.6 is 15.9 Å². The van der Waals surface area contributed by atoms with E-state index < -0.39 is 0 Å². The van der Waals surface area contributed by atoms with Gasteiger partial charge >= 0.3 is 0 Å². The maximum atomic E-state index is 4.58. The molecule has 4 aromatic rings. The summed E-state index contributed by atoms with van der Waals surface area (Å²) in [5.41, 5.74) is 5.81. The Morgan fingerprint density at radius 3 is 2.25 bits per heavy atom. The number of tetrazole rings is 1.